The smallest absolute Gasteiger partial charge is 0.0630 e. The zero-order valence-corrected chi connectivity index (χ0v) is 22.1. The van der Waals surface area contributed by atoms with Gasteiger partial charge in [-0.3, -0.25) is 0 Å². The monoisotopic (exact) mass is 439 g/mol. The van der Waals surface area contributed by atoms with Crippen LogP contribution in [0.2, 0.25) is 0 Å². The zero-order valence-electron chi connectivity index (χ0n) is 22.1. The van der Waals surface area contributed by atoms with E-state index in [1.165, 1.54) is 63.4 Å². The summed E-state index contributed by atoms with van der Waals surface area (Å²) in [5.41, 5.74) is 4.29. The molecular weight excluding hydrogens is 390 g/mol. The lowest BCUT2D eigenvalue weighted by molar-refractivity contribution is -0.226. The first-order valence-corrected chi connectivity index (χ1v) is 13.7. The molecule has 5 fully saturated rings. The van der Waals surface area contributed by atoms with E-state index >= 15 is 0 Å². The predicted molar refractivity (Wildman–Crippen MR) is 134 cm³/mol. The summed E-state index contributed by atoms with van der Waals surface area (Å²) in [7, 11) is 0. The lowest BCUT2D eigenvalue weighted by Gasteiger charge is -2.72. The first-order valence-electron chi connectivity index (χ1n) is 13.7. The second-order valence-corrected chi connectivity index (χ2v) is 14.6. The Labute approximate surface area is 197 Å². The highest BCUT2D eigenvalue weighted by molar-refractivity contribution is 5.90. The van der Waals surface area contributed by atoms with E-state index in [2.05, 4.69) is 60.2 Å². The van der Waals surface area contributed by atoms with Crippen molar-refractivity contribution in [1.29, 1.82) is 0 Å². The molecule has 9 atom stereocenters. The fourth-order valence-corrected chi connectivity index (χ4v) is 11.5. The molecule has 0 heterocycles. The van der Waals surface area contributed by atoms with E-state index in [-0.39, 0.29) is 5.41 Å². The fourth-order valence-electron chi connectivity index (χ4n) is 11.5. The van der Waals surface area contributed by atoms with Gasteiger partial charge in [0.25, 0.3) is 0 Å². The minimum absolute atomic E-state index is 0.0163. The van der Waals surface area contributed by atoms with Gasteiger partial charge in [0, 0.05) is 5.41 Å². The maximum Gasteiger partial charge on any atom is 0.0630 e. The van der Waals surface area contributed by atoms with Crippen LogP contribution in [0, 0.1) is 56.7 Å². The van der Waals surface area contributed by atoms with E-state index in [9.17, 15) is 5.21 Å². The zero-order chi connectivity index (χ0) is 23.3. The molecule has 0 aliphatic heterocycles. The van der Waals surface area contributed by atoms with Gasteiger partial charge < -0.3 is 5.21 Å². The van der Waals surface area contributed by atoms with Gasteiger partial charge in [-0.2, -0.15) is 0 Å². The Kier molecular flexibility index (Phi) is 4.94. The number of allylic oxidation sites excluding steroid dienone is 1. The second-order valence-electron chi connectivity index (χ2n) is 14.6. The number of rotatable bonds is 1. The van der Waals surface area contributed by atoms with Crippen LogP contribution < -0.4 is 0 Å². The summed E-state index contributed by atoms with van der Waals surface area (Å²) in [6.07, 6.45) is 13.3. The van der Waals surface area contributed by atoms with Crippen molar-refractivity contribution in [3.63, 3.8) is 0 Å². The summed E-state index contributed by atoms with van der Waals surface area (Å²) in [5, 5.41) is 13.5. The van der Waals surface area contributed by atoms with Gasteiger partial charge in [-0.05, 0) is 122 Å². The van der Waals surface area contributed by atoms with Crippen molar-refractivity contribution in [3.8, 4) is 0 Å². The third kappa shape index (κ3) is 2.62. The molecule has 2 nitrogen and oxygen atoms in total. The Morgan fingerprint density at radius 3 is 2.22 bits per heavy atom. The minimum atomic E-state index is 0.0163. The standard InChI is InChI=1S/C30H49NO/c1-19(2)20-11-14-27(5)17-18-29(7)21(25(20)27)9-10-23-28(6)15-13-24(31-32)26(3,4)22(28)12-16-30(23,29)8/h20-23,25,32H,1,9-18H2,2-8H3/b31-24+/t20-,21+,22?,23?,25+,27+,28-,29+,30+/m0/s1. The van der Waals surface area contributed by atoms with Crippen molar-refractivity contribution >= 4 is 5.71 Å². The van der Waals surface area contributed by atoms with Crippen LogP contribution in [0.3, 0.4) is 0 Å². The number of fused-ring (bicyclic) bond motifs is 7. The molecule has 5 aliphatic carbocycles. The predicted octanol–water partition coefficient (Wildman–Crippen LogP) is 8.49. The molecule has 0 aromatic carbocycles. The molecule has 1 N–H and O–H groups in total. The second kappa shape index (κ2) is 6.88. The van der Waals surface area contributed by atoms with Gasteiger partial charge >= 0.3 is 0 Å². The molecule has 0 amide bonds. The van der Waals surface area contributed by atoms with Crippen molar-refractivity contribution in [2.24, 2.45) is 61.8 Å². The summed E-state index contributed by atoms with van der Waals surface area (Å²) in [5.74, 6) is 3.88. The van der Waals surface area contributed by atoms with E-state index in [1.54, 1.807) is 0 Å². The number of nitrogens with zero attached hydrogens (tertiary/aromatic N) is 1. The average molecular weight is 440 g/mol. The van der Waals surface area contributed by atoms with Crippen LogP contribution in [0.15, 0.2) is 17.3 Å². The van der Waals surface area contributed by atoms with Crippen molar-refractivity contribution in [2.45, 2.75) is 113 Å². The highest BCUT2D eigenvalue weighted by atomic mass is 16.4. The van der Waals surface area contributed by atoms with Crippen LogP contribution in [-0.4, -0.2) is 10.9 Å². The quantitative estimate of drug-likeness (QED) is 0.248. The molecule has 0 radical (unpaired) electrons. The molecule has 0 aromatic heterocycles. The first-order chi connectivity index (χ1) is 14.8. The van der Waals surface area contributed by atoms with Crippen molar-refractivity contribution < 1.29 is 5.21 Å². The van der Waals surface area contributed by atoms with E-state index in [0.717, 1.165) is 35.8 Å². The van der Waals surface area contributed by atoms with Crippen molar-refractivity contribution in [2.75, 3.05) is 0 Å². The molecule has 2 unspecified atom stereocenters. The molecule has 5 saturated carbocycles. The Morgan fingerprint density at radius 1 is 0.844 bits per heavy atom. The summed E-state index contributed by atoms with van der Waals surface area (Å²) < 4.78 is 0. The summed E-state index contributed by atoms with van der Waals surface area (Å²) in [6, 6.07) is 0. The molecular formula is C30H49NO. The molecule has 32 heavy (non-hydrogen) atoms. The minimum Gasteiger partial charge on any atom is -0.411 e. The van der Waals surface area contributed by atoms with Crippen LogP contribution in [0.5, 0.6) is 0 Å². The number of hydrogen-bond acceptors (Lipinski definition) is 2. The van der Waals surface area contributed by atoms with Gasteiger partial charge in [0.2, 0.25) is 0 Å². The van der Waals surface area contributed by atoms with Gasteiger partial charge in [-0.15, -0.1) is 0 Å². The Morgan fingerprint density at radius 2 is 1.56 bits per heavy atom. The van der Waals surface area contributed by atoms with E-state index in [0.29, 0.717) is 27.6 Å². The third-order valence-electron chi connectivity index (χ3n) is 13.4. The van der Waals surface area contributed by atoms with Crippen LogP contribution in [-0.2, 0) is 0 Å². The summed E-state index contributed by atoms with van der Waals surface area (Å²) in [6.45, 7) is 22.2. The first kappa shape index (κ1) is 23.0. The van der Waals surface area contributed by atoms with Gasteiger partial charge in [0.05, 0.1) is 5.71 Å². The highest BCUT2D eigenvalue weighted by Gasteiger charge is 2.70. The van der Waals surface area contributed by atoms with Gasteiger partial charge in [-0.25, -0.2) is 0 Å². The lowest BCUT2D eigenvalue weighted by Crippen LogP contribution is -2.66. The highest BCUT2D eigenvalue weighted by Crippen LogP contribution is 2.77. The Bertz CT molecular complexity index is 842. The molecule has 0 bridgehead atoms. The van der Waals surface area contributed by atoms with Gasteiger partial charge in [0.15, 0.2) is 0 Å². The van der Waals surface area contributed by atoms with Crippen LogP contribution in [0.1, 0.15) is 113 Å². The fraction of sp³-hybridized carbons (Fsp3) is 0.900. The average Bonchev–Trinajstić information content (AvgIpc) is 3.06. The van der Waals surface area contributed by atoms with Crippen LogP contribution in [0.25, 0.3) is 0 Å². The normalized spacial score (nSPS) is 55.5. The maximum absolute atomic E-state index is 9.74. The van der Waals surface area contributed by atoms with Crippen molar-refractivity contribution in [1.82, 2.24) is 0 Å². The number of oxime groups is 1. The van der Waals surface area contributed by atoms with Gasteiger partial charge in [0.1, 0.15) is 0 Å². The van der Waals surface area contributed by atoms with Crippen LogP contribution >= 0.6 is 0 Å². The molecule has 0 saturated heterocycles. The molecule has 0 spiro atoms. The number of hydrogen-bond donors (Lipinski definition) is 1. The van der Waals surface area contributed by atoms with Crippen molar-refractivity contribution in [3.05, 3.63) is 12.2 Å². The topological polar surface area (TPSA) is 32.6 Å². The Hall–Kier alpha value is -0.790. The summed E-state index contributed by atoms with van der Waals surface area (Å²) in [4.78, 5) is 0. The SMILES string of the molecule is C=C(C)[C@@H]1CC[C@]2(C)CC[C@]3(C)[C@H](CCC4[C@@]5(C)CC/C(=N\O)C(C)(C)C5CC[C@]43C)[C@@H]12. The maximum atomic E-state index is 9.74. The summed E-state index contributed by atoms with van der Waals surface area (Å²) >= 11 is 0. The lowest BCUT2D eigenvalue weighted by atomic mass is 9.32. The molecule has 5 aliphatic rings. The molecule has 0 aromatic rings. The van der Waals surface area contributed by atoms with Gasteiger partial charge in [-0.1, -0.05) is 58.9 Å². The molecule has 180 valence electrons. The van der Waals surface area contributed by atoms with E-state index in [4.69, 9.17) is 0 Å². The van der Waals surface area contributed by atoms with Crippen LogP contribution in [0.4, 0.5) is 0 Å². The third-order valence-corrected chi connectivity index (χ3v) is 13.4. The molecule has 5 rings (SSSR count). The van der Waals surface area contributed by atoms with E-state index in [1.807, 2.05) is 0 Å². The van der Waals surface area contributed by atoms with E-state index < -0.39 is 0 Å². The largest absolute Gasteiger partial charge is 0.411 e. The Balaban J connectivity index is 1.54. The molecule has 2 heteroatoms.